The Morgan fingerprint density at radius 3 is 2.59 bits per heavy atom. The zero-order valence-corrected chi connectivity index (χ0v) is 17.0. The number of benzene rings is 1. The molecule has 2 amide bonds. The van der Waals surface area contributed by atoms with Gasteiger partial charge in [-0.25, -0.2) is 9.78 Å². The molecule has 2 fully saturated rings. The van der Waals surface area contributed by atoms with Gasteiger partial charge < -0.3 is 10.2 Å². The normalized spacial score (nSPS) is 19.1. The molecule has 1 aliphatic carbocycles. The van der Waals surface area contributed by atoms with Crippen LogP contribution in [0.15, 0.2) is 30.3 Å². The van der Waals surface area contributed by atoms with Crippen molar-refractivity contribution in [3.8, 4) is 10.6 Å². The van der Waals surface area contributed by atoms with E-state index in [1.54, 1.807) is 11.3 Å². The second kappa shape index (κ2) is 7.98. The van der Waals surface area contributed by atoms with E-state index in [2.05, 4.69) is 29.3 Å². The molecule has 2 heterocycles. The van der Waals surface area contributed by atoms with Crippen LogP contribution in [0.1, 0.15) is 36.4 Å². The van der Waals surface area contributed by atoms with Gasteiger partial charge in [0.1, 0.15) is 5.01 Å². The lowest BCUT2D eigenvalue weighted by Gasteiger charge is -2.35. The molecule has 0 unspecified atom stereocenters. The minimum Gasteiger partial charge on any atom is -0.331 e. The lowest BCUT2D eigenvalue weighted by Crippen LogP contribution is -2.52. The standard InChI is InChI=1S/C21H28N4OS/c1-15-19(27-20(22-15)18-6-4-3-5-7-18)16(2)23-21(26)25-12-10-24(11-13-25)14-17-8-9-17/h3-7,16-17H,8-14H2,1-2H3,(H,23,26)/t16-/m1/s1. The van der Waals surface area contributed by atoms with Crippen molar-refractivity contribution in [3.63, 3.8) is 0 Å². The summed E-state index contributed by atoms with van der Waals surface area (Å²) in [6.45, 7) is 8.93. The summed E-state index contributed by atoms with van der Waals surface area (Å²) in [5.74, 6) is 0.915. The van der Waals surface area contributed by atoms with Crippen molar-refractivity contribution < 1.29 is 4.79 Å². The average Bonchev–Trinajstić information content (AvgIpc) is 3.41. The highest BCUT2D eigenvalue weighted by molar-refractivity contribution is 7.15. The van der Waals surface area contributed by atoms with Gasteiger partial charge in [-0.05, 0) is 32.6 Å². The topological polar surface area (TPSA) is 48.5 Å². The number of nitrogens with zero attached hydrogens (tertiary/aromatic N) is 3. The number of nitrogens with one attached hydrogen (secondary N) is 1. The zero-order chi connectivity index (χ0) is 18.8. The summed E-state index contributed by atoms with van der Waals surface area (Å²) >= 11 is 1.67. The summed E-state index contributed by atoms with van der Waals surface area (Å²) in [4.78, 5) is 23.0. The van der Waals surface area contributed by atoms with Gasteiger partial charge in [-0.3, -0.25) is 4.90 Å². The van der Waals surface area contributed by atoms with E-state index in [4.69, 9.17) is 4.98 Å². The van der Waals surface area contributed by atoms with Crippen molar-refractivity contribution in [2.45, 2.75) is 32.7 Å². The number of carbonyl (C=O) groups excluding carboxylic acids is 1. The van der Waals surface area contributed by atoms with Gasteiger partial charge in [-0.1, -0.05) is 30.3 Å². The molecule has 4 rings (SSSR count). The van der Waals surface area contributed by atoms with Gasteiger partial charge in [0, 0.05) is 38.3 Å². The molecule has 1 saturated carbocycles. The van der Waals surface area contributed by atoms with Gasteiger partial charge in [-0.2, -0.15) is 0 Å². The van der Waals surface area contributed by atoms with Crippen LogP contribution < -0.4 is 5.32 Å². The number of hydrogen-bond donors (Lipinski definition) is 1. The molecule has 1 aromatic heterocycles. The van der Waals surface area contributed by atoms with E-state index < -0.39 is 0 Å². The molecule has 27 heavy (non-hydrogen) atoms. The van der Waals surface area contributed by atoms with Crippen LogP contribution in [0.4, 0.5) is 4.79 Å². The number of urea groups is 1. The highest BCUT2D eigenvalue weighted by Gasteiger charge is 2.28. The van der Waals surface area contributed by atoms with Crippen LogP contribution in [0.25, 0.3) is 10.6 Å². The Morgan fingerprint density at radius 2 is 1.93 bits per heavy atom. The fraction of sp³-hybridized carbons (Fsp3) is 0.524. The maximum absolute atomic E-state index is 12.7. The predicted octanol–water partition coefficient (Wildman–Crippen LogP) is 3.92. The van der Waals surface area contributed by atoms with Crippen molar-refractivity contribution in [2.24, 2.45) is 5.92 Å². The van der Waals surface area contributed by atoms with Crippen LogP contribution in [0.2, 0.25) is 0 Å². The maximum atomic E-state index is 12.7. The van der Waals surface area contributed by atoms with E-state index in [9.17, 15) is 4.79 Å². The summed E-state index contributed by atoms with van der Waals surface area (Å²) in [5.41, 5.74) is 2.13. The number of aromatic nitrogens is 1. The van der Waals surface area contributed by atoms with Crippen LogP contribution in [-0.4, -0.2) is 53.5 Å². The predicted molar refractivity (Wildman–Crippen MR) is 110 cm³/mol. The number of carbonyl (C=O) groups is 1. The second-order valence-corrected chi connectivity index (χ2v) is 8.77. The lowest BCUT2D eigenvalue weighted by atomic mass is 10.2. The van der Waals surface area contributed by atoms with Gasteiger partial charge in [-0.15, -0.1) is 11.3 Å². The number of rotatable bonds is 5. The van der Waals surface area contributed by atoms with Gasteiger partial charge in [0.15, 0.2) is 0 Å². The Kier molecular flexibility index (Phi) is 5.45. The molecule has 0 spiro atoms. The summed E-state index contributed by atoms with van der Waals surface area (Å²) in [5, 5.41) is 4.19. The number of piperazine rings is 1. The molecular weight excluding hydrogens is 356 g/mol. The molecule has 1 aromatic carbocycles. The van der Waals surface area contributed by atoms with E-state index in [-0.39, 0.29) is 12.1 Å². The van der Waals surface area contributed by atoms with Crippen molar-refractivity contribution in [1.82, 2.24) is 20.1 Å². The zero-order valence-electron chi connectivity index (χ0n) is 16.1. The fourth-order valence-electron chi connectivity index (χ4n) is 3.66. The number of thiazole rings is 1. The van der Waals surface area contributed by atoms with Crippen LogP contribution in [-0.2, 0) is 0 Å². The Hall–Kier alpha value is -1.92. The first-order chi connectivity index (χ1) is 13.1. The average molecular weight is 385 g/mol. The number of amides is 2. The molecule has 2 aliphatic rings. The third-order valence-electron chi connectivity index (χ3n) is 5.46. The molecule has 6 heteroatoms. The molecule has 0 bridgehead atoms. The Labute approximate surface area is 165 Å². The molecule has 1 atom stereocenters. The van der Waals surface area contributed by atoms with E-state index in [1.165, 1.54) is 19.4 Å². The van der Waals surface area contributed by atoms with Crippen LogP contribution in [0.5, 0.6) is 0 Å². The molecular formula is C21H28N4OS. The molecule has 144 valence electrons. The molecule has 1 N–H and O–H groups in total. The number of hydrogen-bond acceptors (Lipinski definition) is 4. The van der Waals surface area contributed by atoms with Gasteiger partial charge in [0.2, 0.25) is 0 Å². The third-order valence-corrected chi connectivity index (χ3v) is 6.85. The van der Waals surface area contributed by atoms with E-state index >= 15 is 0 Å². The van der Waals surface area contributed by atoms with E-state index in [0.29, 0.717) is 0 Å². The number of aryl methyl sites for hydroxylation is 1. The summed E-state index contributed by atoms with van der Waals surface area (Å²) in [7, 11) is 0. The Morgan fingerprint density at radius 1 is 1.22 bits per heavy atom. The maximum Gasteiger partial charge on any atom is 0.317 e. The second-order valence-electron chi connectivity index (χ2n) is 7.74. The summed E-state index contributed by atoms with van der Waals surface area (Å²) < 4.78 is 0. The van der Waals surface area contributed by atoms with E-state index in [0.717, 1.165) is 53.2 Å². The van der Waals surface area contributed by atoms with E-state index in [1.807, 2.05) is 30.0 Å². The van der Waals surface area contributed by atoms with Crippen LogP contribution >= 0.6 is 11.3 Å². The molecule has 2 aromatic rings. The summed E-state index contributed by atoms with van der Waals surface area (Å²) in [6.07, 6.45) is 2.77. The molecule has 0 radical (unpaired) electrons. The van der Waals surface area contributed by atoms with Gasteiger partial charge in [0.25, 0.3) is 0 Å². The molecule has 1 aliphatic heterocycles. The third kappa shape index (κ3) is 4.50. The molecule has 1 saturated heterocycles. The van der Waals surface area contributed by atoms with Crippen molar-refractivity contribution in [1.29, 1.82) is 0 Å². The van der Waals surface area contributed by atoms with Crippen molar-refractivity contribution in [3.05, 3.63) is 40.9 Å². The minimum absolute atomic E-state index is 0.0306. The smallest absolute Gasteiger partial charge is 0.317 e. The van der Waals surface area contributed by atoms with Crippen LogP contribution in [0.3, 0.4) is 0 Å². The first kappa shape index (κ1) is 18.4. The quantitative estimate of drug-likeness (QED) is 0.850. The Bertz CT molecular complexity index is 779. The lowest BCUT2D eigenvalue weighted by molar-refractivity contribution is 0.134. The SMILES string of the molecule is Cc1nc(-c2ccccc2)sc1[C@@H](C)NC(=O)N1CCN(CC2CC2)CC1. The molecule has 5 nitrogen and oxygen atoms in total. The highest BCUT2D eigenvalue weighted by atomic mass is 32.1. The summed E-state index contributed by atoms with van der Waals surface area (Å²) in [6, 6.07) is 10.2. The monoisotopic (exact) mass is 384 g/mol. The first-order valence-corrected chi connectivity index (χ1v) is 10.7. The Balaban J connectivity index is 1.34. The van der Waals surface area contributed by atoms with Gasteiger partial charge >= 0.3 is 6.03 Å². The van der Waals surface area contributed by atoms with Gasteiger partial charge in [0.05, 0.1) is 16.6 Å². The first-order valence-electron chi connectivity index (χ1n) is 9.90. The van der Waals surface area contributed by atoms with Crippen LogP contribution in [0, 0.1) is 12.8 Å². The fourth-order valence-corrected chi connectivity index (χ4v) is 4.73. The largest absolute Gasteiger partial charge is 0.331 e. The highest BCUT2D eigenvalue weighted by Crippen LogP contribution is 2.32. The van der Waals surface area contributed by atoms with Crippen molar-refractivity contribution in [2.75, 3.05) is 32.7 Å². The minimum atomic E-state index is -0.0306. The van der Waals surface area contributed by atoms with Crippen molar-refractivity contribution >= 4 is 17.4 Å².